The van der Waals surface area contributed by atoms with E-state index >= 15 is 0 Å². The van der Waals surface area contributed by atoms with E-state index in [4.69, 9.17) is 4.74 Å². The molecule has 0 fully saturated rings. The lowest BCUT2D eigenvalue weighted by molar-refractivity contribution is 0.102. The molecule has 5 aromatic rings. The number of aryl methyl sites for hydroxylation is 2. The largest absolute Gasteiger partial charge is 0.376 e. The van der Waals surface area contributed by atoms with Crippen LogP contribution in [0.5, 0.6) is 0 Å². The van der Waals surface area contributed by atoms with Crippen LogP contribution in [0.2, 0.25) is 0 Å². The Morgan fingerprint density at radius 2 is 1.88 bits per heavy atom. The molecule has 1 aromatic carbocycles. The van der Waals surface area contributed by atoms with E-state index in [1.807, 2.05) is 41.9 Å². The maximum absolute atomic E-state index is 5.74. The number of nitrogens with zero attached hydrogens (tertiary/aromatic N) is 7. The minimum Gasteiger partial charge on any atom is -0.376 e. The fourth-order valence-corrected chi connectivity index (χ4v) is 3.71. The standard InChI is InChI=1S/C24H24N8O/c1-16-4-6-17(7-5-16)20(33-3)15-23-30-29-22-14-18(10-13-32(22)23)19-8-11-25-24(27-19)28-21-9-12-26-31(21)2/h4-14,20H,15H2,1-3H3,(H,25,27,28)/t20-/m1/s1. The number of ether oxygens (including phenoxy) is 1. The van der Waals surface area contributed by atoms with Gasteiger partial charge in [-0.3, -0.25) is 9.08 Å². The number of rotatable bonds is 7. The first-order chi connectivity index (χ1) is 16.1. The van der Waals surface area contributed by atoms with Crippen LogP contribution in [0.3, 0.4) is 0 Å². The monoisotopic (exact) mass is 440 g/mol. The molecule has 4 heterocycles. The van der Waals surface area contributed by atoms with Crippen LogP contribution in [0.15, 0.2) is 67.1 Å². The average Bonchev–Trinajstić information content (AvgIpc) is 3.43. The van der Waals surface area contributed by atoms with E-state index in [9.17, 15) is 0 Å². The highest BCUT2D eigenvalue weighted by atomic mass is 16.5. The quantitative estimate of drug-likeness (QED) is 0.410. The fourth-order valence-electron chi connectivity index (χ4n) is 3.71. The fraction of sp³-hybridized carbons (Fsp3) is 0.208. The Balaban J connectivity index is 1.39. The zero-order valence-electron chi connectivity index (χ0n) is 18.7. The van der Waals surface area contributed by atoms with E-state index in [1.54, 1.807) is 24.2 Å². The molecule has 4 aromatic heterocycles. The van der Waals surface area contributed by atoms with Crippen LogP contribution in [-0.4, -0.2) is 41.5 Å². The van der Waals surface area contributed by atoms with Gasteiger partial charge in [0.05, 0.1) is 18.0 Å². The van der Waals surface area contributed by atoms with Crippen molar-refractivity contribution in [3.63, 3.8) is 0 Å². The highest BCUT2D eigenvalue weighted by molar-refractivity contribution is 5.65. The third-order valence-corrected chi connectivity index (χ3v) is 5.59. The van der Waals surface area contributed by atoms with Crippen molar-refractivity contribution >= 4 is 17.4 Å². The van der Waals surface area contributed by atoms with Gasteiger partial charge in [0.15, 0.2) is 5.65 Å². The molecule has 0 unspecified atom stereocenters. The summed E-state index contributed by atoms with van der Waals surface area (Å²) in [5, 5.41) is 16.1. The Kier molecular flexibility index (Phi) is 5.54. The van der Waals surface area contributed by atoms with Gasteiger partial charge < -0.3 is 10.1 Å². The number of hydrogen-bond acceptors (Lipinski definition) is 7. The van der Waals surface area contributed by atoms with Crippen molar-refractivity contribution in [2.24, 2.45) is 7.05 Å². The first-order valence-electron chi connectivity index (χ1n) is 10.6. The zero-order valence-corrected chi connectivity index (χ0v) is 18.7. The van der Waals surface area contributed by atoms with E-state index in [-0.39, 0.29) is 6.10 Å². The van der Waals surface area contributed by atoms with Gasteiger partial charge in [-0.15, -0.1) is 10.2 Å². The Hall–Kier alpha value is -4.11. The molecular weight excluding hydrogens is 416 g/mol. The van der Waals surface area contributed by atoms with Crippen molar-refractivity contribution in [3.05, 3.63) is 84.1 Å². The highest BCUT2D eigenvalue weighted by Crippen LogP contribution is 2.24. The second-order valence-electron chi connectivity index (χ2n) is 7.83. The molecule has 166 valence electrons. The molecule has 1 N–H and O–H groups in total. The van der Waals surface area contributed by atoms with Crippen molar-refractivity contribution < 1.29 is 4.74 Å². The number of methoxy groups -OCH3 is 1. The smallest absolute Gasteiger partial charge is 0.228 e. The number of nitrogens with one attached hydrogen (secondary N) is 1. The Morgan fingerprint density at radius 1 is 1.03 bits per heavy atom. The molecule has 0 aliphatic heterocycles. The molecule has 5 rings (SSSR count). The Bertz CT molecular complexity index is 1390. The van der Waals surface area contributed by atoms with Gasteiger partial charge in [0.1, 0.15) is 11.6 Å². The topological polar surface area (TPSA) is 95.0 Å². The summed E-state index contributed by atoms with van der Waals surface area (Å²) in [6.45, 7) is 2.07. The first kappa shape index (κ1) is 20.8. The van der Waals surface area contributed by atoms with Crippen molar-refractivity contribution in [1.29, 1.82) is 0 Å². The van der Waals surface area contributed by atoms with Crippen LogP contribution >= 0.6 is 0 Å². The summed E-state index contributed by atoms with van der Waals surface area (Å²) in [7, 11) is 3.58. The second kappa shape index (κ2) is 8.79. The van der Waals surface area contributed by atoms with Crippen LogP contribution in [0.1, 0.15) is 23.1 Å². The van der Waals surface area contributed by atoms with Gasteiger partial charge in [-0.25, -0.2) is 9.97 Å². The second-order valence-corrected chi connectivity index (χ2v) is 7.83. The minimum atomic E-state index is -0.0971. The van der Waals surface area contributed by atoms with Crippen LogP contribution in [0.25, 0.3) is 16.9 Å². The summed E-state index contributed by atoms with van der Waals surface area (Å²) in [4.78, 5) is 8.95. The van der Waals surface area contributed by atoms with E-state index < -0.39 is 0 Å². The minimum absolute atomic E-state index is 0.0971. The van der Waals surface area contributed by atoms with Gasteiger partial charge in [-0.2, -0.15) is 5.10 Å². The van der Waals surface area contributed by atoms with Gasteiger partial charge in [0.25, 0.3) is 0 Å². The van der Waals surface area contributed by atoms with Crippen LogP contribution in [0, 0.1) is 6.92 Å². The SMILES string of the molecule is CO[C@H](Cc1nnc2cc(-c3ccnc(Nc4ccnn4C)n3)ccn12)c1ccc(C)cc1. The van der Waals surface area contributed by atoms with Crippen LogP contribution < -0.4 is 5.32 Å². The van der Waals surface area contributed by atoms with Gasteiger partial charge in [0.2, 0.25) is 5.95 Å². The molecule has 0 spiro atoms. The lowest BCUT2D eigenvalue weighted by Crippen LogP contribution is -2.08. The molecule has 33 heavy (non-hydrogen) atoms. The Labute approximate surface area is 191 Å². The number of hydrogen-bond donors (Lipinski definition) is 1. The number of aromatic nitrogens is 7. The van der Waals surface area contributed by atoms with Crippen molar-refractivity contribution in [3.8, 4) is 11.3 Å². The molecule has 0 radical (unpaired) electrons. The number of benzene rings is 1. The lowest BCUT2D eigenvalue weighted by Gasteiger charge is -2.15. The molecule has 0 saturated heterocycles. The summed E-state index contributed by atoms with van der Waals surface area (Å²) < 4.78 is 9.46. The van der Waals surface area contributed by atoms with E-state index in [2.05, 4.69) is 61.8 Å². The number of anilines is 2. The van der Waals surface area contributed by atoms with Gasteiger partial charge in [-0.05, 0) is 30.7 Å². The first-order valence-corrected chi connectivity index (χ1v) is 10.6. The van der Waals surface area contributed by atoms with Crippen molar-refractivity contribution in [1.82, 2.24) is 34.3 Å². The van der Waals surface area contributed by atoms with Crippen molar-refractivity contribution in [2.75, 3.05) is 12.4 Å². The maximum Gasteiger partial charge on any atom is 0.228 e. The third kappa shape index (κ3) is 4.31. The molecule has 0 amide bonds. The number of fused-ring (bicyclic) bond motifs is 1. The molecular formula is C24H24N8O. The summed E-state index contributed by atoms with van der Waals surface area (Å²) >= 11 is 0. The van der Waals surface area contributed by atoms with Gasteiger partial charge in [0, 0.05) is 44.6 Å². The van der Waals surface area contributed by atoms with Crippen LogP contribution in [0.4, 0.5) is 11.8 Å². The predicted octanol–water partition coefficient (Wildman–Crippen LogP) is 3.90. The normalized spacial score (nSPS) is 12.2. The highest BCUT2D eigenvalue weighted by Gasteiger charge is 2.16. The zero-order chi connectivity index (χ0) is 22.8. The van der Waals surface area contributed by atoms with E-state index in [0.29, 0.717) is 12.4 Å². The average molecular weight is 441 g/mol. The van der Waals surface area contributed by atoms with Gasteiger partial charge >= 0.3 is 0 Å². The van der Waals surface area contributed by atoms with Crippen LogP contribution in [-0.2, 0) is 18.2 Å². The molecule has 0 bridgehead atoms. The van der Waals surface area contributed by atoms with Gasteiger partial charge in [-0.1, -0.05) is 29.8 Å². The Morgan fingerprint density at radius 3 is 2.64 bits per heavy atom. The van der Waals surface area contributed by atoms with E-state index in [1.165, 1.54) is 5.56 Å². The molecule has 1 atom stereocenters. The lowest BCUT2D eigenvalue weighted by atomic mass is 10.0. The molecule has 0 saturated carbocycles. The summed E-state index contributed by atoms with van der Waals surface area (Å²) in [5.74, 6) is 2.15. The summed E-state index contributed by atoms with van der Waals surface area (Å²) in [6, 6.07) is 16.1. The summed E-state index contributed by atoms with van der Waals surface area (Å²) in [6.07, 6.45) is 5.94. The molecule has 9 heteroatoms. The predicted molar refractivity (Wildman–Crippen MR) is 125 cm³/mol. The molecule has 0 aliphatic carbocycles. The molecule has 0 aliphatic rings. The van der Waals surface area contributed by atoms with E-state index in [0.717, 1.165) is 34.1 Å². The summed E-state index contributed by atoms with van der Waals surface area (Å²) in [5.41, 5.74) is 4.80. The number of pyridine rings is 1. The van der Waals surface area contributed by atoms with Crippen molar-refractivity contribution in [2.45, 2.75) is 19.4 Å². The molecule has 9 nitrogen and oxygen atoms in total. The maximum atomic E-state index is 5.74. The third-order valence-electron chi connectivity index (χ3n) is 5.59.